The van der Waals surface area contributed by atoms with Crippen LogP contribution in [-0.4, -0.2) is 31.9 Å². The third-order valence-electron chi connectivity index (χ3n) is 4.99. The lowest BCUT2D eigenvalue weighted by Crippen LogP contribution is -2.39. The first-order valence-electron chi connectivity index (χ1n) is 8.71. The molecule has 0 N–H and O–H groups in total. The number of hydrogen-bond donors (Lipinski definition) is 0. The van der Waals surface area contributed by atoms with Gasteiger partial charge in [0.05, 0.1) is 34.2 Å². The number of imidazole rings is 1. The molecule has 0 bridgehead atoms. The summed E-state index contributed by atoms with van der Waals surface area (Å²) in [5.41, 5.74) is 3.19. The summed E-state index contributed by atoms with van der Waals surface area (Å²) in [5.74, 6) is 0.128. The third kappa shape index (κ3) is 3.00. The van der Waals surface area contributed by atoms with Crippen molar-refractivity contribution in [2.45, 2.75) is 26.3 Å². The Morgan fingerprint density at radius 1 is 1.26 bits per heavy atom. The number of nitrogens with zero attached hydrogens (tertiary/aromatic N) is 4. The molecule has 4 rings (SSSR count). The van der Waals surface area contributed by atoms with Crippen molar-refractivity contribution in [3.8, 4) is 5.82 Å². The summed E-state index contributed by atoms with van der Waals surface area (Å²) in [6, 6.07) is 8.26. The van der Waals surface area contributed by atoms with Crippen molar-refractivity contribution in [2.75, 3.05) is 6.54 Å². The van der Waals surface area contributed by atoms with Crippen LogP contribution >= 0.6 is 11.6 Å². The van der Waals surface area contributed by atoms with Crippen molar-refractivity contribution in [2.24, 2.45) is 0 Å². The summed E-state index contributed by atoms with van der Waals surface area (Å²) in [5, 5.41) is 0.488. The topological polar surface area (TPSA) is 51.0 Å². The van der Waals surface area contributed by atoms with Gasteiger partial charge in [-0.1, -0.05) is 23.7 Å². The highest BCUT2D eigenvalue weighted by atomic mass is 35.5. The molecule has 3 heterocycles. The van der Waals surface area contributed by atoms with Crippen LogP contribution in [0.4, 0.5) is 4.39 Å². The van der Waals surface area contributed by atoms with Gasteiger partial charge in [-0.25, -0.2) is 14.4 Å². The number of carbonyl (C=O) groups is 1. The number of pyridine rings is 1. The van der Waals surface area contributed by atoms with Crippen molar-refractivity contribution in [3.63, 3.8) is 0 Å². The van der Waals surface area contributed by atoms with E-state index in [1.165, 1.54) is 12.3 Å². The Bertz CT molecular complexity index is 1020. The van der Waals surface area contributed by atoms with Crippen LogP contribution in [0.5, 0.6) is 0 Å². The first kappa shape index (κ1) is 17.7. The van der Waals surface area contributed by atoms with Crippen LogP contribution in [-0.2, 0) is 6.42 Å². The molecule has 3 aromatic rings. The molecular weight excluding hydrogens is 367 g/mol. The number of halogens is 2. The Kier molecular flexibility index (Phi) is 4.44. The summed E-state index contributed by atoms with van der Waals surface area (Å²) >= 11 is 6.35. The average molecular weight is 385 g/mol. The van der Waals surface area contributed by atoms with Gasteiger partial charge in [0.1, 0.15) is 18.0 Å². The lowest BCUT2D eigenvalue weighted by atomic mass is 10.0. The fourth-order valence-electron chi connectivity index (χ4n) is 3.51. The van der Waals surface area contributed by atoms with E-state index >= 15 is 0 Å². The largest absolute Gasteiger partial charge is 0.330 e. The van der Waals surface area contributed by atoms with Crippen LogP contribution < -0.4 is 0 Å². The lowest BCUT2D eigenvalue weighted by Gasteiger charge is -2.33. The van der Waals surface area contributed by atoms with E-state index < -0.39 is 0 Å². The number of benzene rings is 1. The highest BCUT2D eigenvalue weighted by molar-refractivity contribution is 6.34. The lowest BCUT2D eigenvalue weighted by molar-refractivity contribution is 0.0672. The van der Waals surface area contributed by atoms with Crippen molar-refractivity contribution >= 4 is 17.5 Å². The summed E-state index contributed by atoms with van der Waals surface area (Å²) in [7, 11) is 0. The molecule has 5 nitrogen and oxygen atoms in total. The average Bonchev–Trinajstić information content (AvgIpc) is 3.09. The highest BCUT2D eigenvalue weighted by Gasteiger charge is 2.32. The Hall–Kier alpha value is -2.73. The molecule has 0 fully saturated rings. The Morgan fingerprint density at radius 2 is 2.07 bits per heavy atom. The fourth-order valence-corrected chi connectivity index (χ4v) is 3.71. The second-order valence-corrected chi connectivity index (χ2v) is 7.02. The monoisotopic (exact) mass is 384 g/mol. The highest BCUT2D eigenvalue weighted by Crippen LogP contribution is 2.32. The molecule has 1 aliphatic heterocycles. The first-order chi connectivity index (χ1) is 13.0. The Balaban J connectivity index is 1.66. The molecular formula is C20H18ClFN4O. The second-order valence-electron chi connectivity index (χ2n) is 6.64. The van der Waals surface area contributed by atoms with Gasteiger partial charge in [0.15, 0.2) is 0 Å². The standard InChI is InChI=1S/C20H18ClFN4O/c1-12-4-3-5-15(18(12)21)20(27)25-9-8-16-19(13(25)2)24-11-26(16)17-7-6-14(22)10-23-17/h3-7,10-11,13H,8-9H2,1-2H3. The number of amides is 1. The summed E-state index contributed by atoms with van der Waals surface area (Å²) in [6.45, 7) is 4.38. The third-order valence-corrected chi connectivity index (χ3v) is 5.49. The molecule has 0 saturated heterocycles. The zero-order valence-corrected chi connectivity index (χ0v) is 15.7. The van der Waals surface area contributed by atoms with Crippen molar-refractivity contribution in [1.29, 1.82) is 0 Å². The molecule has 0 aliphatic carbocycles. The van der Waals surface area contributed by atoms with Gasteiger partial charge in [-0.15, -0.1) is 0 Å². The maximum atomic E-state index is 13.1. The van der Waals surface area contributed by atoms with E-state index in [9.17, 15) is 9.18 Å². The smallest absolute Gasteiger partial charge is 0.255 e. The quantitative estimate of drug-likeness (QED) is 0.667. The van der Waals surface area contributed by atoms with Gasteiger partial charge in [0.2, 0.25) is 0 Å². The van der Waals surface area contributed by atoms with E-state index in [1.807, 2.05) is 30.5 Å². The molecule has 138 valence electrons. The van der Waals surface area contributed by atoms with Gasteiger partial charge in [-0.3, -0.25) is 9.36 Å². The van der Waals surface area contributed by atoms with E-state index in [1.54, 1.807) is 23.4 Å². The molecule has 27 heavy (non-hydrogen) atoms. The van der Waals surface area contributed by atoms with Gasteiger partial charge >= 0.3 is 0 Å². The molecule has 2 aromatic heterocycles. The molecule has 0 spiro atoms. The van der Waals surface area contributed by atoms with Crippen LogP contribution in [0.3, 0.4) is 0 Å². The van der Waals surface area contributed by atoms with Crippen LogP contribution in [0.1, 0.15) is 40.3 Å². The van der Waals surface area contributed by atoms with Gasteiger partial charge in [0.25, 0.3) is 5.91 Å². The molecule has 1 atom stereocenters. The van der Waals surface area contributed by atoms with Crippen molar-refractivity contribution in [1.82, 2.24) is 19.4 Å². The van der Waals surface area contributed by atoms with Gasteiger partial charge in [-0.05, 0) is 37.6 Å². The maximum Gasteiger partial charge on any atom is 0.255 e. The predicted molar refractivity (Wildman–Crippen MR) is 101 cm³/mol. The summed E-state index contributed by atoms with van der Waals surface area (Å²) < 4.78 is 15.0. The minimum atomic E-state index is -0.382. The number of rotatable bonds is 2. The Labute approximate surface area is 161 Å². The number of aryl methyl sites for hydroxylation is 1. The summed E-state index contributed by atoms with van der Waals surface area (Å²) in [6.07, 6.45) is 3.49. The minimum Gasteiger partial charge on any atom is -0.330 e. The first-order valence-corrected chi connectivity index (χ1v) is 9.09. The predicted octanol–water partition coefficient (Wildman–Crippen LogP) is 4.13. The van der Waals surface area contributed by atoms with E-state index in [-0.39, 0.29) is 17.8 Å². The van der Waals surface area contributed by atoms with Crippen molar-refractivity contribution < 1.29 is 9.18 Å². The molecule has 0 radical (unpaired) electrons. The molecule has 7 heteroatoms. The zero-order chi connectivity index (χ0) is 19.1. The van der Waals surface area contributed by atoms with Crippen molar-refractivity contribution in [3.05, 3.63) is 76.2 Å². The molecule has 1 aromatic carbocycles. The van der Waals surface area contributed by atoms with Crippen LogP contribution in [0.2, 0.25) is 5.02 Å². The minimum absolute atomic E-state index is 0.101. The van der Waals surface area contributed by atoms with Gasteiger partial charge < -0.3 is 4.90 Å². The zero-order valence-electron chi connectivity index (χ0n) is 15.0. The van der Waals surface area contributed by atoms with Gasteiger partial charge in [-0.2, -0.15) is 0 Å². The van der Waals surface area contributed by atoms with Crippen LogP contribution in [0.25, 0.3) is 5.82 Å². The normalized spacial score (nSPS) is 16.3. The number of aromatic nitrogens is 3. The second kappa shape index (κ2) is 6.78. The van der Waals surface area contributed by atoms with E-state index in [0.29, 0.717) is 29.4 Å². The summed E-state index contributed by atoms with van der Waals surface area (Å²) in [4.78, 5) is 23.5. The Morgan fingerprint density at radius 3 is 2.81 bits per heavy atom. The molecule has 0 saturated carbocycles. The van der Waals surface area contributed by atoms with E-state index in [2.05, 4.69) is 9.97 Å². The van der Waals surface area contributed by atoms with Gasteiger partial charge in [0, 0.05) is 13.0 Å². The molecule has 1 amide bonds. The van der Waals surface area contributed by atoms with Crippen LogP contribution in [0.15, 0.2) is 42.9 Å². The SMILES string of the molecule is Cc1cccc(C(=O)N2CCc3c(ncn3-c3ccc(F)cn3)C2C)c1Cl. The number of hydrogen-bond acceptors (Lipinski definition) is 3. The van der Waals surface area contributed by atoms with E-state index in [4.69, 9.17) is 11.6 Å². The molecule has 1 aliphatic rings. The van der Waals surface area contributed by atoms with E-state index in [0.717, 1.165) is 17.0 Å². The van der Waals surface area contributed by atoms with Crippen LogP contribution in [0, 0.1) is 12.7 Å². The maximum absolute atomic E-state index is 13.1. The fraction of sp³-hybridized carbons (Fsp3) is 0.250. The number of carbonyl (C=O) groups excluding carboxylic acids is 1. The molecule has 1 unspecified atom stereocenters. The number of fused-ring (bicyclic) bond motifs is 1.